The largest absolute Gasteiger partial charge is 0.373 e. The number of hydrogen-bond donors (Lipinski definition) is 0. The molecule has 0 unspecified atom stereocenters. The van der Waals surface area contributed by atoms with Gasteiger partial charge in [0.2, 0.25) is 0 Å². The lowest BCUT2D eigenvalue weighted by Crippen LogP contribution is -2.28. The molecule has 0 atom stereocenters. The highest BCUT2D eigenvalue weighted by Crippen LogP contribution is 2.27. The van der Waals surface area contributed by atoms with E-state index in [1.165, 1.54) is 51.4 Å². The van der Waals surface area contributed by atoms with Gasteiger partial charge in [0.1, 0.15) is 0 Å². The van der Waals surface area contributed by atoms with Gasteiger partial charge < -0.3 is 4.74 Å². The third kappa shape index (κ3) is 6.52. The van der Waals surface area contributed by atoms with Crippen LogP contribution in [-0.4, -0.2) is 5.60 Å². The molecule has 0 fully saturated rings. The topological polar surface area (TPSA) is 9.23 Å². The minimum atomic E-state index is 0.0589. The van der Waals surface area contributed by atoms with Gasteiger partial charge >= 0.3 is 0 Å². The summed E-state index contributed by atoms with van der Waals surface area (Å²) in [4.78, 5) is 0. The minimum Gasteiger partial charge on any atom is -0.373 e. The summed E-state index contributed by atoms with van der Waals surface area (Å²) < 4.78 is 5.43. The van der Waals surface area contributed by atoms with E-state index in [0.717, 1.165) is 12.8 Å². The zero-order valence-electron chi connectivity index (χ0n) is 11.7. The smallest absolute Gasteiger partial charge is 0.0708 e. The Morgan fingerprint density at radius 2 is 1.31 bits per heavy atom. The SMILES string of the molecule is [CH2]OC(CC)(CC)CCCCCCCCC. The summed E-state index contributed by atoms with van der Waals surface area (Å²) in [5.74, 6) is 0. The molecule has 0 aliphatic rings. The predicted molar refractivity (Wildman–Crippen MR) is 72.4 cm³/mol. The van der Waals surface area contributed by atoms with Crippen molar-refractivity contribution in [1.82, 2.24) is 0 Å². The van der Waals surface area contributed by atoms with Gasteiger partial charge in [-0.3, -0.25) is 0 Å². The normalized spacial score (nSPS) is 12.0. The van der Waals surface area contributed by atoms with Gasteiger partial charge in [0.25, 0.3) is 0 Å². The van der Waals surface area contributed by atoms with E-state index in [4.69, 9.17) is 4.74 Å². The molecule has 1 heteroatoms. The first-order chi connectivity index (χ1) is 7.74. The first-order valence-electron chi connectivity index (χ1n) is 7.17. The van der Waals surface area contributed by atoms with E-state index >= 15 is 0 Å². The van der Waals surface area contributed by atoms with Crippen molar-refractivity contribution in [2.45, 2.75) is 90.6 Å². The van der Waals surface area contributed by atoms with Crippen molar-refractivity contribution in [3.8, 4) is 0 Å². The molecule has 0 spiro atoms. The van der Waals surface area contributed by atoms with E-state index in [1.54, 1.807) is 0 Å². The van der Waals surface area contributed by atoms with Crippen LogP contribution in [0.1, 0.15) is 85.0 Å². The third-order valence-electron chi connectivity index (χ3n) is 3.83. The molecule has 0 aromatic heterocycles. The number of hydrogen-bond acceptors (Lipinski definition) is 1. The third-order valence-corrected chi connectivity index (χ3v) is 3.83. The lowest BCUT2D eigenvalue weighted by molar-refractivity contribution is -0.000615. The highest BCUT2D eigenvalue weighted by atomic mass is 16.5. The zero-order chi connectivity index (χ0) is 12.3. The Morgan fingerprint density at radius 1 is 0.812 bits per heavy atom. The van der Waals surface area contributed by atoms with E-state index < -0.39 is 0 Å². The zero-order valence-corrected chi connectivity index (χ0v) is 11.7. The molecule has 97 valence electrons. The van der Waals surface area contributed by atoms with Crippen LogP contribution in [-0.2, 0) is 4.74 Å². The Bertz CT molecular complexity index is 130. The van der Waals surface area contributed by atoms with E-state index in [-0.39, 0.29) is 5.60 Å². The molecule has 0 rings (SSSR count). The van der Waals surface area contributed by atoms with Crippen LogP contribution in [0.3, 0.4) is 0 Å². The molecule has 0 heterocycles. The Balaban J connectivity index is 3.48. The van der Waals surface area contributed by atoms with Crippen LogP contribution in [0.5, 0.6) is 0 Å². The molecule has 1 nitrogen and oxygen atoms in total. The van der Waals surface area contributed by atoms with Crippen LogP contribution in [0.15, 0.2) is 0 Å². The lowest BCUT2D eigenvalue weighted by atomic mass is 9.90. The fraction of sp³-hybridized carbons (Fsp3) is 0.933. The van der Waals surface area contributed by atoms with Crippen LogP contribution in [0, 0.1) is 7.11 Å². The minimum absolute atomic E-state index is 0.0589. The Labute approximate surface area is 103 Å². The van der Waals surface area contributed by atoms with Gasteiger partial charge in [-0.05, 0) is 19.3 Å². The summed E-state index contributed by atoms with van der Waals surface area (Å²) >= 11 is 0. The van der Waals surface area contributed by atoms with Crippen molar-refractivity contribution in [2.75, 3.05) is 0 Å². The number of ether oxygens (including phenoxy) is 1. The second-order valence-electron chi connectivity index (χ2n) is 4.91. The molecule has 0 N–H and O–H groups in total. The van der Waals surface area contributed by atoms with Gasteiger partial charge in [-0.2, -0.15) is 0 Å². The van der Waals surface area contributed by atoms with Crippen LogP contribution in [0.25, 0.3) is 0 Å². The Kier molecular flexibility index (Phi) is 10.1. The van der Waals surface area contributed by atoms with Crippen molar-refractivity contribution < 1.29 is 4.74 Å². The van der Waals surface area contributed by atoms with Crippen molar-refractivity contribution in [1.29, 1.82) is 0 Å². The monoisotopic (exact) mass is 227 g/mol. The second kappa shape index (κ2) is 10.1. The highest BCUT2D eigenvalue weighted by molar-refractivity contribution is 4.77. The van der Waals surface area contributed by atoms with E-state index in [1.807, 2.05) is 0 Å². The van der Waals surface area contributed by atoms with Gasteiger partial charge in [0.15, 0.2) is 0 Å². The summed E-state index contributed by atoms with van der Waals surface area (Å²) in [5, 5.41) is 0. The van der Waals surface area contributed by atoms with Crippen molar-refractivity contribution in [2.24, 2.45) is 0 Å². The molecular weight excluding hydrogens is 196 g/mol. The van der Waals surface area contributed by atoms with Gasteiger partial charge in [0.05, 0.1) is 12.7 Å². The molecule has 0 aromatic rings. The fourth-order valence-corrected chi connectivity index (χ4v) is 2.28. The molecular formula is C15H31O. The summed E-state index contributed by atoms with van der Waals surface area (Å²) in [6.07, 6.45) is 12.9. The second-order valence-corrected chi connectivity index (χ2v) is 4.91. The van der Waals surface area contributed by atoms with Gasteiger partial charge in [-0.15, -0.1) is 0 Å². The van der Waals surface area contributed by atoms with Gasteiger partial charge in [0, 0.05) is 0 Å². The van der Waals surface area contributed by atoms with Crippen LogP contribution in [0.4, 0.5) is 0 Å². The summed E-state index contributed by atoms with van der Waals surface area (Å²) in [7, 11) is 3.64. The van der Waals surface area contributed by atoms with Crippen molar-refractivity contribution in [3.05, 3.63) is 7.11 Å². The van der Waals surface area contributed by atoms with Crippen LogP contribution in [0.2, 0.25) is 0 Å². The van der Waals surface area contributed by atoms with E-state index in [0.29, 0.717) is 0 Å². The highest BCUT2D eigenvalue weighted by Gasteiger charge is 2.24. The van der Waals surface area contributed by atoms with Gasteiger partial charge in [-0.1, -0.05) is 65.7 Å². The Hall–Kier alpha value is -0.0400. The van der Waals surface area contributed by atoms with Crippen LogP contribution < -0.4 is 0 Å². The lowest BCUT2D eigenvalue weighted by Gasteiger charge is -2.30. The van der Waals surface area contributed by atoms with Gasteiger partial charge in [-0.25, -0.2) is 0 Å². The molecule has 0 bridgehead atoms. The molecule has 0 aromatic carbocycles. The molecule has 0 amide bonds. The fourth-order valence-electron chi connectivity index (χ4n) is 2.28. The average Bonchev–Trinajstić information content (AvgIpc) is 2.34. The van der Waals surface area contributed by atoms with Crippen molar-refractivity contribution >= 4 is 0 Å². The average molecular weight is 227 g/mol. The molecule has 1 radical (unpaired) electrons. The summed E-state index contributed by atoms with van der Waals surface area (Å²) in [6, 6.07) is 0. The molecule has 16 heavy (non-hydrogen) atoms. The molecule has 0 aliphatic carbocycles. The summed E-state index contributed by atoms with van der Waals surface area (Å²) in [5.41, 5.74) is 0.0589. The maximum atomic E-state index is 5.43. The standard InChI is InChI=1S/C15H31O/c1-5-8-9-10-11-12-13-14-15(6-2,7-3)16-4/h4-14H2,1-3H3. The number of unbranched alkanes of at least 4 members (excludes halogenated alkanes) is 6. The molecule has 0 saturated heterocycles. The van der Waals surface area contributed by atoms with Crippen LogP contribution >= 0.6 is 0 Å². The molecule has 0 saturated carbocycles. The van der Waals surface area contributed by atoms with Crippen molar-refractivity contribution in [3.63, 3.8) is 0 Å². The Morgan fingerprint density at radius 3 is 1.75 bits per heavy atom. The maximum absolute atomic E-state index is 5.43. The van der Waals surface area contributed by atoms with E-state index in [2.05, 4.69) is 27.9 Å². The molecule has 0 aliphatic heterocycles. The summed E-state index contributed by atoms with van der Waals surface area (Å²) in [6.45, 7) is 6.67. The first-order valence-corrected chi connectivity index (χ1v) is 7.17. The van der Waals surface area contributed by atoms with E-state index in [9.17, 15) is 0 Å². The maximum Gasteiger partial charge on any atom is 0.0708 e. The number of rotatable bonds is 11. The quantitative estimate of drug-likeness (QED) is 0.424. The first kappa shape index (κ1) is 16.0. The predicted octanol–water partition coefficient (Wildman–Crippen LogP) is 5.49.